The van der Waals surface area contributed by atoms with E-state index >= 15 is 0 Å². The van der Waals surface area contributed by atoms with Crippen molar-refractivity contribution in [2.45, 2.75) is 25.7 Å². The van der Waals surface area contributed by atoms with Gasteiger partial charge in [-0.25, -0.2) is 0 Å². The Kier molecular flexibility index (Phi) is 2.22. The Morgan fingerprint density at radius 1 is 1.23 bits per heavy atom. The van der Waals surface area contributed by atoms with Crippen molar-refractivity contribution in [2.24, 2.45) is 5.41 Å². The second-order valence-electron chi connectivity index (χ2n) is 4.04. The van der Waals surface area contributed by atoms with Gasteiger partial charge in [-0.05, 0) is 30.2 Å². The number of benzene rings is 1. The number of allylic oxidation sites excluding steroid dienone is 1. The molecular formula is C13H15. The maximum atomic E-state index is 5.69. The van der Waals surface area contributed by atoms with Gasteiger partial charge in [0.2, 0.25) is 0 Å². The van der Waals surface area contributed by atoms with Gasteiger partial charge >= 0.3 is 0 Å². The first-order chi connectivity index (χ1) is 6.35. The molecule has 1 saturated carbocycles. The topological polar surface area (TPSA) is 0 Å². The van der Waals surface area contributed by atoms with E-state index in [0.29, 0.717) is 5.41 Å². The summed E-state index contributed by atoms with van der Waals surface area (Å²) >= 11 is 0. The highest BCUT2D eigenvalue weighted by Crippen LogP contribution is 2.44. The van der Waals surface area contributed by atoms with Crippen LogP contribution in [0.15, 0.2) is 36.4 Å². The summed E-state index contributed by atoms with van der Waals surface area (Å²) in [5.74, 6) is 0. The molecule has 0 amide bonds. The maximum Gasteiger partial charge on any atom is -0.00748 e. The van der Waals surface area contributed by atoms with Gasteiger partial charge in [-0.3, -0.25) is 0 Å². The number of hydrogen-bond acceptors (Lipinski definition) is 0. The molecule has 13 heavy (non-hydrogen) atoms. The zero-order valence-corrected chi connectivity index (χ0v) is 7.87. The van der Waals surface area contributed by atoms with Crippen LogP contribution in [0.25, 0.3) is 0 Å². The maximum absolute atomic E-state index is 5.69. The van der Waals surface area contributed by atoms with Crippen LogP contribution in [0.2, 0.25) is 0 Å². The quantitative estimate of drug-likeness (QED) is 0.654. The minimum Gasteiger partial charge on any atom is -0.0780 e. The summed E-state index contributed by atoms with van der Waals surface area (Å²) in [6, 6.07) is 10.6. The monoisotopic (exact) mass is 171 g/mol. The largest absolute Gasteiger partial charge is 0.0780 e. The highest BCUT2D eigenvalue weighted by Gasteiger charge is 2.33. The Balaban J connectivity index is 2.09. The highest BCUT2D eigenvalue weighted by atomic mass is 14.4. The molecule has 1 fully saturated rings. The lowest BCUT2D eigenvalue weighted by atomic mass is 9.65. The summed E-state index contributed by atoms with van der Waals surface area (Å²) in [6.45, 7) is 5.69. The summed E-state index contributed by atoms with van der Waals surface area (Å²) in [7, 11) is 0. The van der Waals surface area contributed by atoms with Crippen LogP contribution in [-0.4, -0.2) is 0 Å². The SMILES string of the molecule is [CH]=CC1(Cc2ccccc2)CCC1. The van der Waals surface area contributed by atoms with Crippen LogP contribution < -0.4 is 0 Å². The van der Waals surface area contributed by atoms with Crippen LogP contribution >= 0.6 is 0 Å². The van der Waals surface area contributed by atoms with E-state index in [9.17, 15) is 0 Å². The average molecular weight is 171 g/mol. The fourth-order valence-electron chi connectivity index (χ4n) is 2.04. The molecule has 67 valence electrons. The first kappa shape index (κ1) is 8.55. The van der Waals surface area contributed by atoms with Crippen molar-refractivity contribution in [3.63, 3.8) is 0 Å². The van der Waals surface area contributed by atoms with E-state index in [2.05, 4.69) is 30.3 Å². The molecule has 1 aliphatic carbocycles. The average Bonchev–Trinajstić information content (AvgIpc) is 2.13. The molecule has 1 aliphatic rings. The van der Waals surface area contributed by atoms with Crippen molar-refractivity contribution in [1.82, 2.24) is 0 Å². The lowest BCUT2D eigenvalue weighted by molar-refractivity contribution is 0.203. The van der Waals surface area contributed by atoms with E-state index in [1.165, 1.54) is 24.8 Å². The molecule has 0 bridgehead atoms. The molecule has 0 spiro atoms. The van der Waals surface area contributed by atoms with Gasteiger partial charge in [-0.15, -0.1) is 0 Å². The highest BCUT2D eigenvalue weighted by molar-refractivity contribution is 5.19. The molecule has 2 rings (SSSR count). The second-order valence-corrected chi connectivity index (χ2v) is 4.04. The van der Waals surface area contributed by atoms with Crippen molar-refractivity contribution in [3.05, 3.63) is 48.6 Å². The second kappa shape index (κ2) is 3.37. The van der Waals surface area contributed by atoms with E-state index in [4.69, 9.17) is 6.58 Å². The van der Waals surface area contributed by atoms with Crippen molar-refractivity contribution in [3.8, 4) is 0 Å². The molecule has 0 saturated heterocycles. The summed E-state index contributed by atoms with van der Waals surface area (Å²) < 4.78 is 0. The third-order valence-corrected chi connectivity index (χ3v) is 3.10. The standard InChI is InChI=1S/C13H15/c1-2-13(9-6-10-13)11-12-7-4-3-5-8-12/h1-5,7-8H,6,9-11H2. The first-order valence-electron chi connectivity index (χ1n) is 4.95. The van der Waals surface area contributed by atoms with Crippen molar-refractivity contribution in [1.29, 1.82) is 0 Å². The molecule has 0 unspecified atom stereocenters. The molecule has 0 heterocycles. The van der Waals surface area contributed by atoms with Gasteiger partial charge in [0.15, 0.2) is 0 Å². The van der Waals surface area contributed by atoms with Crippen LogP contribution in [-0.2, 0) is 6.42 Å². The number of hydrogen-bond donors (Lipinski definition) is 0. The molecule has 0 aromatic heterocycles. The van der Waals surface area contributed by atoms with E-state index in [1.54, 1.807) is 0 Å². The molecule has 0 nitrogen and oxygen atoms in total. The third kappa shape index (κ3) is 1.67. The molecule has 0 atom stereocenters. The molecule has 0 N–H and O–H groups in total. The van der Waals surface area contributed by atoms with Crippen LogP contribution in [0.5, 0.6) is 0 Å². The molecule has 1 aromatic carbocycles. The lowest BCUT2D eigenvalue weighted by Crippen LogP contribution is -2.29. The fraction of sp³-hybridized carbons (Fsp3) is 0.385. The van der Waals surface area contributed by atoms with Gasteiger partial charge < -0.3 is 0 Å². The molecule has 1 radical (unpaired) electrons. The Bertz CT molecular complexity index is 280. The minimum absolute atomic E-state index is 0.321. The minimum atomic E-state index is 0.321. The Morgan fingerprint density at radius 3 is 2.38 bits per heavy atom. The van der Waals surface area contributed by atoms with E-state index in [-0.39, 0.29) is 0 Å². The van der Waals surface area contributed by atoms with Crippen molar-refractivity contribution < 1.29 is 0 Å². The smallest absolute Gasteiger partial charge is 0.00748 e. The zero-order chi connectivity index (χ0) is 9.15. The van der Waals surface area contributed by atoms with Crippen molar-refractivity contribution in [2.75, 3.05) is 0 Å². The molecule has 0 aliphatic heterocycles. The van der Waals surface area contributed by atoms with Gasteiger partial charge in [-0.1, -0.05) is 49.4 Å². The normalized spacial score (nSPS) is 19.1. The van der Waals surface area contributed by atoms with E-state index in [0.717, 1.165) is 6.42 Å². The first-order valence-corrected chi connectivity index (χ1v) is 4.95. The molecule has 0 heteroatoms. The van der Waals surface area contributed by atoms with Gasteiger partial charge in [0.05, 0.1) is 0 Å². The Morgan fingerprint density at radius 2 is 1.92 bits per heavy atom. The van der Waals surface area contributed by atoms with Crippen LogP contribution in [0.3, 0.4) is 0 Å². The summed E-state index contributed by atoms with van der Waals surface area (Å²) in [5, 5.41) is 0. The van der Waals surface area contributed by atoms with Crippen LogP contribution in [0.4, 0.5) is 0 Å². The van der Waals surface area contributed by atoms with E-state index < -0.39 is 0 Å². The predicted molar refractivity (Wildman–Crippen MR) is 55.3 cm³/mol. The van der Waals surface area contributed by atoms with Crippen molar-refractivity contribution >= 4 is 0 Å². The Hall–Kier alpha value is -1.04. The van der Waals surface area contributed by atoms with Gasteiger partial charge in [0, 0.05) is 0 Å². The summed E-state index contributed by atoms with van der Waals surface area (Å²) in [5.41, 5.74) is 1.73. The summed E-state index contributed by atoms with van der Waals surface area (Å²) in [6.07, 6.45) is 6.88. The van der Waals surface area contributed by atoms with Gasteiger partial charge in [0.25, 0.3) is 0 Å². The van der Waals surface area contributed by atoms with Gasteiger partial charge in [0.1, 0.15) is 0 Å². The molecule has 1 aromatic rings. The van der Waals surface area contributed by atoms with Crippen LogP contribution in [0, 0.1) is 12.0 Å². The summed E-state index contributed by atoms with van der Waals surface area (Å²) in [4.78, 5) is 0. The predicted octanol–water partition coefficient (Wildman–Crippen LogP) is 3.39. The molecular weight excluding hydrogens is 156 g/mol. The van der Waals surface area contributed by atoms with Crippen LogP contribution in [0.1, 0.15) is 24.8 Å². The van der Waals surface area contributed by atoms with Gasteiger partial charge in [-0.2, -0.15) is 0 Å². The lowest BCUT2D eigenvalue weighted by Gasteiger charge is -2.39. The van der Waals surface area contributed by atoms with E-state index in [1.807, 2.05) is 6.08 Å². The number of rotatable bonds is 3. The fourth-order valence-corrected chi connectivity index (χ4v) is 2.04. The zero-order valence-electron chi connectivity index (χ0n) is 7.87. The Labute approximate surface area is 80.3 Å². The third-order valence-electron chi connectivity index (χ3n) is 3.10.